The van der Waals surface area contributed by atoms with E-state index in [0.717, 1.165) is 17.1 Å². The molecule has 1 aromatic carbocycles. The van der Waals surface area contributed by atoms with Gasteiger partial charge in [-0.05, 0) is 43.3 Å². The minimum Gasteiger partial charge on any atom is -0.497 e. The van der Waals surface area contributed by atoms with Crippen molar-refractivity contribution in [2.75, 3.05) is 24.8 Å². The van der Waals surface area contributed by atoms with Crippen molar-refractivity contribution < 1.29 is 9.53 Å². The Morgan fingerprint density at radius 3 is 2.50 bits per heavy atom. The third-order valence-corrected chi connectivity index (χ3v) is 2.82. The number of aryl methyl sites for hydroxylation is 1. The molecule has 0 aliphatic heterocycles. The molecule has 0 saturated carbocycles. The fraction of sp³-hybridized carbons (Fsp3) is 0.200. The summed E-state index contributed by atoms with van der Waals surface area (Å²) in [4.78, 5) is 16.4. The highest BCUT2D eigenvalue weighted by molar-refractivity contribution is 6.04. The fourth-order valence-corrected chi connectivity index (χ4v) is 1.81. The fourth-order valence-electron chi connectivity index (χ4n) is 1.81. The first kappa shape index (κ1) is 13.9. The van der Waals surface area contributed by atoms with Crippen LogP contribution < -0.4 is 15.4 Å². The Kier molecular flexibility index (Phi) is 4.20. The van der Waals surface area contributed by atoms with Gasteiger partial charge in [-0.2, -0.15) is 0 Å². The van der Waals surface area contributed by atoms with E-state index in [-0.39, 0.29) is 5.91 Å². The van der Waals surface area contributed by atoms with Crippen LogP contribution in [0.15, 0.2) is 36.4 Å². The number of aromatic nitrogens is 1. The number of carbonyl (C=O) groups excluding carboxylic acids is 1. The summed E-state index contributed by atoms with van der Waals surface area (Å²) in [6, 6.07) is 10.7. The molecule has 0 fully saturated rings. The van der Waals surface area contributed by atoms with Gasteiger partial charge in [-0.3, -0.25) is 4.79 Å². The number of nitrogens with one attached hydrogen (secondary N) is 2. The Bertz CT molecular complexity index is 609. The van der Waals surface area contributed by atoms with E-state index in [0.29, 0.717) is 11.4 Å². The molecule has 2 N–H and O–H groups in total. The molecule has 0 aliphatic rings. The number of carbonyl (C=O) groups is 1. The summed E-state index contributed by atoms with van der Waals surface area (Å²) in [7, 11) is 3.37. The maximum Gasteiger partial charge on any atom is 0.255 e. The van der Waals surface area contributed by atoms with Crippen LogP contribution in [0.25, 0.3) is 0 Å². The molecule has 104 valence electrons. The van der Waals surface area contributed by atoms with Crippen molar-refractivity contribution in [1.29, 1.82) is 0 Å². The predicted octanol–water partition coefficient (Wildman–Crippen LogP) is 2.69. The lowest BCUT2D eigenvalue weighted by Crippen LogP contribution is -2.13. The van der Waals surface area contributed by atoms with Crippen LogP contribution in [0.5, 0.6) is 5.75 Å². The molecule has 1 aromatic heterocycles. The molecule has 20 heavy (non-hydrogen) atoms. The largest absolute Gasteiger partial charge is 0.497 e. The van der Waals surface area contributed by atoms with Gasteiger partial charge in [0.2, 0.25) is 0 Å². The second kappa shape index (κ2) is 6.06. The molecular weight excluding hydrogens is 254 g/mol. The zero-order valence-electron chi connectivity index (χ0n) is 11.7. The number of hydrogen-bond acceptors (Lipinski definition) is 4. The molecule has 1 heterocycles. The molecule has 0 unspecified atom stereocenters. The molecule has 2 rings (SSSR count). The van der Waals surface area contributed by atoms with Gasteiger partial charge in [0, 0.05) is 24.0 Å². The van der Waals surface area contributed by atoms with Gasteiger partial charge in [-0.25, -0.2) is 4.98 Å². The number of ether oxygens (including phenoxy) is 1. The van der Waals surface area contributed by atoms with Gasteiger partial charge in [-0.1, -0.05) is 0 Å². The highest BCUT2D eigenvalue weighted by Gasteiger charge is 2.08. The zero-order chi connectivity index (χ0) is 14.5. The van der Waals surface area contributed by atoms with Crippen molar-refractivity contribution in [1.82, 2.24) is 4.98 Å². The van der Waals surface area contributed by atoms with E-state index in [4.69, 9.17) is 4.74 Å². The maximum absolute atomic E-state index is 12.2. The second-order valence-electron chi connectivity index (χ2n) is 4.32. The summed E-state index contributed by atoms with van der Waals surface area (Å²) in [6.45, 7) is 1.85. The average molecular weight is 271 g/mol. The van der Waals surface area contributed by atoms with E-state index < -0.39 is 0 Å². The van der Waals surface area contributed by atoms with Gasteiger partial charge in [0.05, 0.1) is 7.11 Å². The summed E-state index contributed by atoms with van der Waals surface area (Å²) in [5.74, 6) is 1.25. The minimum atomic E-state index is -0.169. The number of pyridine rings is 1. The SMILES string of the molecule is CNc1cc(C(=O)Nc2ccc(OC)cc2)cc(C)n1. The molecule has 0 radical (unpaired) electrons. The monoisotopic (exact) mass is 271 g/mol. The van der Waals surface area contributed by atoms with E-state index in [1.807, 2.05) is 6.92 Å². The lowest BCUT2D eigenvalue weighted by Gasteiger charge is -2.08. The molecule has 0 atom stereocenters. The van der Waals surface area contributed by atoms with Crippen molar-refractivity contribution in [3.8, 4) is 5.75 Å². The van der Waals surface area contributed by atoms with Crippen molar-refractivity contribution in [2.24, 2.45) is 0 Å². The Hall–Kier alpha value is -2.56. The summed E-state index contributed by atoms with van der Waals surface area (Å²) >= 11 is 0. The summed E-state index contributed by atoms with van der Waals surface area (Å²) < 4.78 is 5.08. The van der Waals surface area contributed by atoms with Gasteiger partial charge in [0.1, 0.15) is 11.6 Å². The Morgan fingerprint density at radius 1 is 1.20 bits per heavy atom. The van der Waals surface area contributed by atoms with Crippen molar-refractivity contribution in [3.05, 3.63) is 47.7 Å². The Balaban J connectivity index is 2.16. The highest BCUT2D eigenvalue weighted by atomic mass is 16.5. The number of hydrogen-bond donors (Lipinski definition) is 2. The molecule has 5 heteroatoms. The first-order chi connectivity index (χ1) is 9.62. The molecule has 2 aromatic rings. The van der Waals surface area contributed by atoms with Crippen LogP contribution in [0.2, 0.25) is 0 Å². The number of anilines is 2. The van der Waals surface area contributed by atoms with Crippen molar-refractivity contribution in [2.45, 2.75) is 6.92 Å². The number of benzene rings is 1. The normalized spacial score (nSPS) is 9.95. The second-order valence-corrected chi connectivity index (χ2v) is 4.32. The van der Waals surface area contributed by atoms with Gasteiger partial charge >= 0.3 is 0 Å². The lowest BCUT2D eigenvalue weighted by atomic mass is 10.2. The summed E-state index contributed by atoms with van der Waals surface area (Å²) in [5.41, 5.74) is 2.07. The van der Waals surface area contributed by atoms with Gasteiger partial charge in [-0.15, -0.1) is 0 Å². The van der Waals surface area contributed by atoms with Crippen molar-refractivity contribution in [3.63, 3.8) is 0 Å². The third kappa shape index (κ3) is 3.26. The van der Waals surface area contributed by atoms with E-state index in [2.05, 4.69) is 15.6 Å². The van der Waals surface area contributed by atoms with Crippen LogP contribution in [0.1, 0.15) is 16.1 Å². The third-order valence-electron chi connectivity index (χ3n) is 2.82. The van der Waals surface area contributed by atoms with Gasteiger partial charge < -0.3 is 15.4 Å². The van der Waals surface area contributed by atoms with Crippen LogP contribution in [0.3, 0.4) is 0 Å². The molecule has 0 bridgehead atoms. The molecule has 0 saturated heterocycles. The van der Waals surface area contributed by atoms with Crippen LogP contribution in [0, 0.1) is 6.92 Å². The minimum absolute atomic E-state index is 0.169. The van der Waals surface area contributed by atoms with E-state index in [1.165, 1.54) is 0 Å². The number of nitrogens with zero attached hydrogens (tertiary/aromatic N) is 1. The van der Waals surface area contributed by atoms with E-state index >= 15 is 0 Å². The zero-order valence-corrected chi connectivity index (χ0v) is 11.7. The molecule has 5 nitrogen and oxygen atoms in total. The molecule has 1 amide bonds. The van der Waals surface area contributed by atoms with Crippen LogP contribution in [-0.2, 0) is 0 Å². The summed E-state index contributed by atoms with van der Waals surface area (Å²) in [6.07, 6.45) is 0. The number of amides is 1. The smallest absolute Gasteiger partial charge is 0.255 e. The van der Waals surface area contributed by atoms with Gasteiger partial charge in [0.25, 0.3) is 5.91 Å². The van der Waals surface area contributed by atoms with Crippen LogP contribution in [0.4, 0.5) is 11.5 Å². The Labute approximate surface area is 118 Å². The predicted molar refractivity (Wildman–Crippen MR) is 79.5 cm³/mol. The highest BCUT2D eigenvalue weighted by Crippen LogP contribution is 2.17. The maximum atomic E-state index is 12.2. The van der Waals surface area contributed by atoms with Crippen LogP contribution >= 0.6 is 0 Å². The summed E-state index contributed by atoms with van der Waals surface area (Å²) in [5, 5.41) is 5.77. The molecule has 0 spiro atoms. The number of rotatable bonds is 4. The van der Waals surface area contributed by atoms with E-state index in [1.54, 1.807) is 50.6 Å². The molecular formula is C15H17N3O2. The topological polar surface area (TPSA) is 63.2 Å². The van der Waals surface area contributed by atoms with Crippen LogP contribution in [-0.4, -0.2) is 25.0 Å². The first-order valence-corrected chi connectivity index (χ1v) is 6.24. The lowest BCUT2D eigenvalue weighted by molar-refractivity contribution is 0.102. The van der Waals surface area contributed by atoms with Crippen molar-refractivity contribution >= 4 is 17.4 Å². The van der Waals surface area contributed by atoms with E-state index in [9.17, 15) is 4.79 Å². The number of methoxy groups -OCH3 is 1. The molecule has 0 aliphatic carbocycles. The Morgan fingerprint density at radius 2 is 1.90 bits per heavy atom. The average Bonchev–Trinajstić information content (AvgIpc) is 2.47. The quantitative estimate of drug-likeness (QED) is 0.897. The standard InChI is InChI=1S/C15H17N3O2/c1-10-8-11(9-14(16-2)17-10)15(19)18-12-4-6-13(20-3)7-5-12/h4-9H,1-3H3,(H,16,17)(H,18,19). The van der Waals surface area contributed by atoms with Gasteiger partial charge in [0.15, 0.2) is 0 Å². The first-order valence-electron chi connectivity index (χ1n) is 6.24.